The predicted octanol–water partition coefficient (Wildman–Crippen LogP) is 3.59. The first-order valence-corrected chi connectivity index (χ1v) is 10.3. The van der Waals surface area contributed by atoms with Crippen LogP contribution < -0.4 is 10.6 Å². The Morgan fingerprint density at radius 1 is 1.22 bits per heavy atom. The van der Waals surface area contributed by atoms with Gasteiger partial charge in [0, 0.05) is 23.9 Å². The van der Waals surface area contributed by atoms with E-state index in [0.717, 1.165) is 13.3 Å². The molecule has 0 aliphatic carbocycles. The van der Waals surface area contributed by atoms with Crippen molar-refractivity contribution in [1.29, 1.82) is 0 Å². The summed E-state index contributed by atoms with van der Waals surface area (Å²) in [6, 6.07) is 3.32. The van der Waals surface area contributed by atoms with Crippen LogP contribution in [-0.4, -0.2) is 50.8 Å². The van der Waals surface area contributed by atoms with E-state index < -0.39 is 42.2 Å². The highest BCUT2D eigenvalue weighted by Crippen LogP contribution is 2.46. The van der Waals surface area contributed by atoms with E-state index in [4.69, 9.17) is 0 Å². The number of fused-ring (bicyclic) bond motifs is 2. The van der Waals surface area contributed by atoms with Crippen LogP contribution >= 0.6 is 0 Å². The topological polar surface area (TPSA) is 84.7 Å². The molecule has 0 spiro atoms. The fourth-order valence-electron chi connectivity index (χ4n) is 4.54. The van der Waals surface area contributed by atoms with Crippen molar-refractivity contribution in [2.24, 2.45) is 0 Å². The average Bonchev–Trinajstić information content (AvgIpc) is 3.10. The summed E-state index contributed by atoms with van der Waals surface area (Å²) >= 11 is 0. The lowest BCUT2D eigenvalue weighted by Crippen LogP contribution is -2.39. The van der Waals surface area contributed by atoms with E-state index in [1.807, 2.05) is 0 Å². The second-order valence-electron chi connectivity index (χ2n) is 8.28. The van der Waals surface area contributed by atoms with Crippen LogP contribution in [0.3, 0.4) is 0 Å². The number of carbonyl (C=O) groups is 1. The van der Waals surface area contributed by atoms with Crippen LogP contribution in [0, 0.1) is 5.82 Å². The summed E-state index contributed by atoms with van der Waals surface area (Å²) in [5, 5.41) is 10.5. The first-order chi connectivity index (χ1) is 15.2. The molecule has 3 atom stereocenters. The predicted molar refractivity (Wildman–Crippen MR) is 109 cm³/mol. The number of benzene rings is 1. The number of halogens is 4. The van der Waals surface area contributed by atoms with Gasteiger partial charge in [0.15, 0.2) is 0 Å². The summed E-state index contributed by atoms with van der Waals surface area (Å²) < 4.78 is 59.3. The zero-order chi connectivity index (χ0) is 22.6. The number of alkyl halides is 3. The molecule has 1 aromatic carbocycles. The molecule has 0 saturated carbocycles. The molecule has 1 saturated heterocycles. The lowest BCUT2D eigenvalue weighted by atomic mass is 9.85. The minimum Gasteiger partial charge on any atom is -0.314 e. The van der Waals surface area contributed by atoms with Crippen molar-refractivity contribution in [2.75, 3.05) is 18.4 Å². The smallest absolute Gasteiger partial charge is 0.252 e. The maximum atomic E-state index is 14.7. The Labute approximate surface area is 180 Å². The molecule has 5 rings (SSSR count). The van der Waals surface area contributed by atoms with E-state index in [-0.39, 0.29) is 29.3 Å². The summed E-state index contributed by atoms with van der Waals surface area (Å²) in [5.41, 5.74) is 0.746. The highest BCUT2D eigenvalue weighted by atomic mass is 19.3. The number of hydrogen-bond donors (Lipinski definition) is 2. The highest BCUT2D eigenvalue weighted by molar-refractivity contribution is 5.98. The SMILES string of the molecule is CC(F)(F)[C@H]1CC(=O)Nc2ncnc(-c3nn([C@H]4CCNC[C@H]4F)c4cc(F)ccc34)c21. The third-order valence-electron chi connectivity index (χ3n) is 6.07. The van der Waals surface area contributed by atoms with Crippen molar-refractivity contribution in [3.8, 4) is 11.4 Å². The van der Waals surface area contributed by atoms with Crippen molar-refractivity contribution in [1.82, 2.24) is 25.1 Å². The third kappa shape index (κ3) is 3.40. The van der Waals surface area contributed by atoms with Crippen molar-refractivity contribution < 1.29 is 22.4 Å². The molecule has 1 amide bonds. The van der Waals surface area contributed by atoms with Crippen LogP contribution in [-0.2, 0) is 4.79 Å². The summed E-state index contributed by atoms with van der Waals surface area (Å²) in [4.78, 5) is 20.2. The highest BCUT2D eigenvalue weighted by Gasteiger charge is 2.44. The van der Waals surface area contributed by atoms with E-state index in [1.54, 1.807) is 0 Å². The second kappa shape index (κ2) is 7.51. The van der Waals surface area contributed by atoms with Gasteiger partial charge in [-0.3, -0.25) is 9.48 Å². The number of piperidine rings is 1. The van der Waals surface area contributed by atoms with Crippen LogP contribution in [0.2, 0.25) is 0 Å². The summed E-state index contributed by atoms with van der Waals surface area (Å²) in [6.07, 6.45) is -0.108. The zero-order valence-corrected chi connectivity index (χ0v) is 17.1. The average molecular weight is 448 g/mol. The van der Waals surface area contributed by atoms with Gasteiger partial charge in [-0.15, -0.1) is 0 Å². The van der Waals surface area contributed by atoms with Gasteiger partial charge in [-0.2, -0.15) is 5.10 Å². The van der Waals surface area contributed by atoms with Gasteiger partial charge in [-0.1, -0.05) is 0 Å². The lowest BCUT2D eigenvalue weighted by Gasteiger charge is -2.30. The Morgan fingerprint density at radius 2 is 2.03 bits per heavy atom. The Hall–Kier alpha value is -3.08. The summed E-state index contributed by atoms with van der Waals surface area (Å²) in [5.74, 6) is -5.79. The molecule has 0 radical (unpaired) electrons. The Morgan fingerprint density at radius 3 is 2.78 bits per heavy atom. The number of carbonyl (C=O) groups excluding carboxylic acids is 1. The second-order valence-corrected chi connectivity index (χ2v) is 8.28. The maximum absolute atomic E-state index is 14.7. The lowest BCUT2D eigenvalue weighted by molar-refractivity contribution is -0.119. The molecule has 4 heterocycles. The van der Waals surface area contributed by atoms with E-state index in [9.17, 15) is 22.4 Å². The summed E-state index contributed by atoms with van der Waals surface area (Å²) in [7, 11) is 0. The number of aromatic nitrogens is 4. The molecule has 7 nitrogen and oxygen atoms in total. The van der Waals surface area contributed by atoms with Gasteiger partial charge >= 0.3 is 0 Å². The molecule has 2 aliphatic heterocycles. The first kappa shape index (κ1) is 20.8. The van der Waals surface area contributed by atoms with E-state index >= 15 is 0 Å². The van der Waals surface area contributed by atoms with Crippen LogP contribution in [0.25, 0.3) is 22.3 Å². The molecular formula is C21H20F4N6O. The number of nitrogens with one attached hydrogen (secondary N) is 2. The van der Waals surface area contributed by atoms with Gasteiger partial charge in [0.2, 0.25) is 5.91 Å². The van der Waals surface area contributed by atoms with Gasteiger partial charge in [0.25, 0.3) is 5.92 Å². The van der Waals surface area contributed by atoms with E-state index in [0.29, 0.717) is 23.9 Å². The number of nitrogens with zero attached hydrogens (tertiary/aromatic N) is 4. The van der Waals surface area contributed by atoms with Crippen LogP contribution in [0.4, 0.5) is 23.4 Å². The minimum atomic E-state index is -3.23. The molecule has 168 valence electrons. The maximum Gasteiger partial charge on any atom is 0.252 e. The Kier molecular flexibility index (Phi) is 4.88. The number of amides is 1. The third-order valence-corrected chi connectivity index (χ3v) is 6.07. The van der Waals surface area contributed by atoms with Gasteiger partial charge < -0.3 is 10.6 Å². The van der Waals surface area contributed by atoms with E-state index in [1.165, 1.54) is 22.9 Å². The molecule has 1 fully saturated rings. The van der Waals surface area contributed by atoms with Crippen molar-refractivity contribution in [3.63, 3.8) is 0 Å². The van der Waals surface area contributed by atoms with Gasteiger partial charge in [0.05, 0.1) is 17.5 Å². The van der Waals surface area contributed by atoms with Gasteiger partial charge in [-0.05, 0) is 38.1 Å². The number of rotatable bonds is 3. The van der Waals surface area contributed by atoms with Crippen molar-refractivity contribution in [3.05, 3.63) is 35.9 Å². The first-order valence-electron chi connectivity index (χ1n) is 10.3. The number of anilines is 1. The zero-order valence-electron chi connectivity index (χ0n) is 17.1. The monoisotopic (exact) mass is 448 g/mol. The molecular weight excluding hydrogens is 428 g/mol. The van der Waals surface area contributed by atoms with Crippen LogP contribution in [0.5, 0.6) is 0 Å². The standard InChI is InChI=1S/C21H20F4N6O/c1-21(24,25)12-7-16(32)29-20-17(12)19(27-9-28-20)18-11-3-2-10(22)6-15(11)31(30-18)14-4-5-26-8-13(14)23/h2-3,6,9,12-14,26H,4-5,7-8H2,1H3,(H,27,28,29,32)/t12-,13+,14-/m0/s1. The van der Waals surface area contributed by atoms with Crippen LogP contribution in [0.15, 0.2) is 24.5 Å². The normalized spacial score (nSPS) is 23.8. The van der Waals surface area contributed by atoms with Crippen molar-refractivity contribution in [2.45, 2.75) is 43.8 Å². The quantitative estimate of drug-likeness (QED) is 0.599. The number of hydrogen-bond acceptors (Lipinski definition) is 5. The van der Waals surface area contributed by atoms with E-state index in [2.05, 4.69) is 25.7 Å². The van der Waals surface area contributed by atoms with Crippen molar-refractivity contribution >= 4 is 22.6 Å². The molecule has 2 aromatic heterocycles. The molecule has 32 heavy (non-hydrogen) atoms. The molecule has 2 N–H and O–H groups in total. The fraction of sp³-hybridized carbons (Fsp3) is 0.429. The Bertz CT molecular complexity index is 1210. The Balaban J connectivity index is 1.75. The minimum absolute atomic E-state index is 0.00665. The largest absolute Gasteiger partial charge is 0.314 e. The van der Waals surface area contributed by atoms with Gasteiger partial charge in [0.1, 0.15) is 35.5 Å². The van der Waals surface area contributed by atoms with Gasteiger partial charge in [-0.25, -0.2) is 27.5 Å². The molecule has 2 aliphatic rings. The molecule has 0 unspecified atom stereocenters. The molecule has 3 aromatic rings. The molecule has 11 heteroatoms. The fourth-order valence-corrected chi connectivity index (χ4v) is 4.54. The molecule has 0 bridgehead atoms. The summed E-state index contributed by atoms with van der Waals surface area (Å²) in [6.45, 7) is 1.44. The van der Waals surface area contributed by atoms with Crippen LogP contribution in [0.1, 0.15) is 37.3 Å².